The van der Waals surface area contributed by atoms with Gasteiger partial charge in [-0.05, 0) is 37.1 Å². The van der Waals surface area contributed by atoms with E-state index in [2.05, 4.69) is 34.0 Å². The van der Waals surface area contributed by atoms with Gasteiger partial charge in [-0.3, -0.25) is 4.99 Å². The average Bonchev–Trinajstić information content (AvgIpc) is 2.66. The molecule has 1 atom stereocenters. The van der Waals surface area contributed by atoms with Crippen LogP contribution in [-0.4, -0.2) is 74.6 Å². The quantitative estimate of drug-likeness (QED) is 0.321. The first-order valence-electron chi connectivity index (χ1n) is 9.79. The molecule has 0 spiro atoms. The predicted molar refractivity (Wildman–Crippen MR) is 123 cm³/mol. The van der Waals surface area contributed by atoms with Gasteiger partial charge < -0.3 is 25.0 Å². The van der Waals surface area contributed by atoms with Crippen molar-refractivity contribution in [1.82, 2.24) is 10.2 Å². The zero-order chi connectivity index (χ0) is 19.6. The molecular formula is C20H34FIN4O2. The van der Waals surface area contributed by atoms with Crippen molar-refractivity contribution in [3.8, 4) is 0 Å². The molecule has 1 aliphatic rings. The first-order valence-corrected chi connectivity index (χ1v) is 9.79. The van der Waals surface area contributed by atoms with E-state index in [4.69, 9.17) is 4.74 Å². The van der Waals surface area contributed by atoms with Crippen molar-refractivity contribution in [1.29, 1.82) is 0 Å². The van der Waals surface area contributed by atoms with Crippen LogP contribution in [0, 0.1) is 11.7 Å². The van der Waals surface area contributed by atoms with Crippen LogP contribution in [0.25, 0.3) is 0 Å². The van der Waals surface area contributed by atoms with E-state index in [1.807, 2.05) is 19.1 Å². The van der Waals surface area contributed by atoms with Gasteiger partial charge in [-0.25, -0.2) is 4.39 Å². The molecular weight excluding hydrogens is 474 g/mol. The fourth-order valence-electron chi connectivity index (χ4n) is 2.94. The molecule has 1 fully saturated rings. The molecule has 1 aromatic rings. The molecule has 8 heteroatoms. The van der Waals surface area contributed by atoms with Crippen LogP contribution >= 0.6 is 24.0 Å². The van der Waals surface area contributed by atoms with Crippen LogP contribution in [0.1, 0.15) is 20.8 Å². The summed E-state index contributed by atoms with van der Waals surface area (Å²) in [6, 6.07) is 6.63. The second-order valence-corrected chi connectivity index (χ2v) is 7.23. The molecule has 1 saturated heterocycles. The number of anilines is 1. The Morgan fingerprint density at radius 1 is 1.18 bits per heavy atom. The Morgan fingerprint density at radius 2 is 1.82 bits per heavy atom. The lowest BCUT2D eigenvalue weighted by molar-refractivity contribution is 0.0300. The predicted octanol–water partition coefficient (Wildman–Crippen LogP) is 2.56. The number of aliphatic hydroxyl groups excluding tert-OH is 1. The van der Waals surface area contributed by atoms with E-state index >= 15 is 0 Å². The number of halogens is 2. The summed E-state index contributed by atoms with van der Waals surface area (Å²) >= 11 is 0. The van der Waals surface area contributed by atoms with Gasteiger partial charge in [0.25, 0.3) is 0 Å². The third-order valence-corrected chi connectivity index (χ3v) is 4.32. The van der Waals surface area contributed by atoms with Crippen LogP contribution in [0.5, 0.6) is 0 Å². The molecule has 2 N–H and O–H groups in total. The minimum absolute atomic E-state index is 0. The molecule has 0 bridgehead atoms. The van der Waals surface area contributed by atoms with Gasteiger partial charge in [0.05, 0.1) is 19.3 Å². The number of piperazine rings is 1. The number of hydrogen-bond acceptors (Lipinski definition) is 4. The van der Waals surface area contributed by atoms with Crippen LogP contribution < -0.4 is 10.2 Å². The maximum atomic E-state index is 13.1. The fraction of sp³-hybridized carbons (Fsp3) is 0.650. The zero-order valence-corrected chi connectivity index (χ0v) is 19.4. The molecule has 160 valence electrons. The van der Waals surface area contributed by atoms with E-state index in [-0.39, 0.29) is 29.8 Å². The number of ether oxygens (including phenoxy) is 1. The fourth-order valence-corrected chi connectivity index (χ4v) is 2.94. The molecule has 1 aliphatic heterocycles. The Hall–Kier alpha value is -1.13. The smallest absolute Gasteiger partial charge is 0.194 e. The van der Waals surface area contributed by atoms with Crippen molar-refractivity contribution < 1.29 is 14.2 Å². The maximum Gasteiger partial charge on any atom is 0.194 e. The lowest BCUT2D eigenvalue weighted by atomic mass is 10.2. The minimum Gasteiger partial charge on any atom is -0.389 e. The summed E-state index contributed by atoms with van der Waals surface area (Å²) in [6.45, 7) is 11.6. The third kappa shape index (κ3) is 8.48. The van der Waals surface area contributed by atoms with Crippen molar-refractivity contribution in [2.45, 2.75) is 26.9 Å². The summed E-state index contributed by atoms with van der Waals surface area (Å²) in [5, 5.41) is 13.4. The van der Waals surface area contributed by atoms with E-state index in [0.717, 1.165) is 44.4 Å². The van der Waals surface area contributed by atoms with Crippen molar-refractivity contribution in [3.63, 3.8) is 0 Å². The monoisotopic (exact) mass is 508 g/mol. The van der Waals surface area contributed by atoms with Gasteiger partial charge in [0.15, 0.2) is 5.96 Å². The standard InChI is InChI=1S/C20H33FN4O2.HI/c1-4-22-20(23-13-19(26)15-27-14-16(2)3)25-11-9-24(10-12-25)18-7-5-17(21)6-8-18;/h5-8,16,19,26H,4,9-15H2,1-3H3,(H,22,23);1H. The summed E-state index contributed by atoms with van der Waals surface area (Å²) in [6.07, 6.45) is -0.599. The van der Waals surface area contributed by atoms with E-state index in [1.54, 1.807) is 0 Å². The number of nitrogens with one attached hydrogen (secondary N) is 1. The molecule has 0 amide bonds. The average molecular weight is 508 g/mol. The number of aliphatic imine (C=N–C) groups is 1. The summed E-state index contributed by atoms with van der Waals surface area (Å²) in [5.41, 5.74) is 1.04. The number of rotatable bonds is 8. The van der Waals surface area contributed by atoms with Crippen molar-refractivity contribution in [2.24, 2.45) is 10.9 Å². The SMILES string of the molecule is CCNC(=NCC(O)COCC(C)C)N1CCN(c2ccc(F)cc2)CC1.I. The van der Waals surface area contributed by atoms with Gasteiger partial charge in [0, 0.05) is 45.0 Å². The van der Waals surface area contributed by atoms with E-state index < -0.39 is 6.10 Å². The van der Waals surface area contributed by atoms with E-state index in [9.17, 15) is 9.50 Å². The highest BCUT2D eigenvalue weighted by Gasteiger charge is 2.20. The molecule has 1 unspecified atom stereocenters. The second kappa shape index (κ2) is 13.2. The van der Waals surface area contributed by atoms with Gasteiger partial charge in [0.2, 0.25) is 0 Å². The molecule has 1 aromatic carbocycles. The summed E-state index contributed by atoms with van der Waals surface area (Å²) in [5.74, 6) is 1.06. The van der Waals surface area contributed by atoms with E-state index in [1.165, 1.54) is 12.1 Å². The molecule has 0 saturated carbocycles. The highest BCUT2D eigenvalue weighted by Crippen LogP contribution is 2.17. The molecule has 28 heavy (non-hydrogen) atoms. The second-order valence-electron chi connectivity index (χ2n) is 7.23. The first kappa shape index (κ1) is 24.9. The topological polar surface area (TPSA) is 60.3 Å². The zero-order valence-electron chi connectivity index (χ0n) is 17.1. The Labute approximate surface area is 185 Å². The number of guanidine groups is 1. The molecule has 0 radical (unpaired) electrons. The number of aliphatic hydroxyl groups is 1. The van der Waals surface area contributed by atoms with Crippen LogP contribution in [0.2, 0.25) is 0 Å². The number of nitrogens with zero attached hydrogens (tertiary/aromatic N) is 3. The van der Waals surface area contributed by atoms with Gasteiger partial charge in [0.1, 0.15) is 5.82 Å². The van der Waals surface area contributed by atoms with Crippen LogP contribution in [-0.2, 0) is 4.74 Å². The molecule has 1 heterocycles. The van der Waals surface area contributed by atoms with Gasteiger partial charge in [-0.15, -0.1) is 24.0 Å². The Kier molecular flexibility index (Phi) is 11.7. The summed E-state index contributed by atoms with van der Waals surface area (Å²) in [4.78, 5) is 9.02. The van der Waals surface area contributed by atoms with Crippen molar-refractivity contribution in [3.05, 3.63) is 30.1 Å². The van der Waals surface area contributed by atoms with E-state index in [0.29, 0.717) is 25.7 Å². The molecule has 0 aliphatic carbocycles. The van der Waals surface area contributed by atoms with Crippen molar-refractivity contribution >= 4 is 35.6 Å². The summed E-state index contributed by atoms with van der Waals surface area (Å²) < 4.78 is 18.6. The minimum atomic E-state index is -0.599. The van der Waals surface area contributed by atoms with Crippen LogP contribution in [0.15, 0.2) is 29.3 Å². The first-order chi connectivity index (χ1) is 13.0. The van der Waals surface area contributed by atoms with Crippen LogP contribution in [0.4, 0.5) is 10.1 Å². The van der Waals surface area contributed by atoms with Gasteiger partial charge in [-0.2, -0.15) is 0 Å². The Balaban J connectivity index is 0.00000392. The third-order valence-electron chi connectivity index (χ3n) is 4.32. The number of benzene rings is 1. The lowest BCUT2D eigenvalue weighted by Crippen LogP contribution is -2.52. The van der Waals surface area contributed by atoms with Gasteiger partial charge >= 0.3 is 0 Å². The largest absolute Gasteiger partial charge is 0.389 e. The number of hydrogen-bond donors (Lipinski definition) is 2. The normalized spacial score (nSPS) is 16.1. The van der Waals surface area contributed by atoms with Gasteiger partial charge in [-0.1, -0.05) is 13.8 Å². The maximum absolute atomic E-state index is 13.1. The molecule has 2 rings (SSSR count). The van der Waals surface area contributed by atoms with Crippen LogP contribution in [0.3, 0.4) is 0 Å². The highest BCUT2D eigenvalue weighted by molar-refractivity contribution is 14.0. The Morgan fingerprint density at radius 3 is 2.39 bits per heavy atom. The lowest BCUT2D eigenvalue weighted by Gasteiger charge is -2.37. The van der Waals surface area contributed by atoms with Crippen molar-refractivity contribution in [2.75, 3.05) is 57.4 Å². The Bertz CT molecular complexity index is 578. The highest BCUT2D eigenvalue weighted by atomic mass is 127. The molecule has 6 nitrogen and oxygen atoms in total. The molecule has 0 aromatic heterocycles. The summed E-state index contributed by atoms with van der Waals surface area (Å²) in [7, 11) is 0.